The molecule has 0 bridgehead atoms. The van der Waals surface area contributed by atoms with E-state index in [0.29, 0.717) is 6.54 Å². The van der Waals surface area contributed by atoms with Gasteiger partial charge in [-0.25, -0.2) is 14.5 Å². The number of aryl methyl sites for hydroxylation is 1. The Balaban J connectivity index is 2.03. The van der Waals surface area contributed by atoms with Gasteiger partial charge in [-0.3, -0.25) is 0 Å². The zero-order chi connectivity index (χ0) is 17.0. The second-order valence-electron chi connectivity index (χ2n) is 6.22. The minimum Gasteiger partial charge on any atom is -0.331 e. The number of nitrogens with one attached hydrogen (secondary N) is 2. The predicted octanol–water partition coefficient (Wildman–Crippen LogP) is 3.39. The summed E-state index contributed by atoms with van der Waals surface area (Å²) in [6.45, 7) is 8.44. The van der Waals surface area contributed by atoms with Crippen LogP contribution >= 0.6 is 11.8 Å². The number of carbonyl (C=O) groups is 1. The largest absolute Gasteiger partial charge is 0.331 e. The molecule has 2 aromatic rings. The lowest BCUT2D eigenvalue weighted by atomic mass is 10.1. The van der Waals surface area contributed by atoms with E-state index in [0.717, 1.165) is 22.0 Å². The van der Waals surface area contributed by atoms with Gasteiger partial charge >= 0.3 is 6.03 Å². The van der Waals surface area contributed by atoms with Crippen LogP contribution in [0.3, 0.4) is 0 Å². The van der Waals surface area contributed by atoms with Crippen molar-refractivity contribution in [2.75, 3.05) is 11.6 Å². The molecule has 0 saturated carbocycles. The number of rotatable bonds is 4. The summed E-state index contributed by atoms with van der Waals surface area (Å²) in [5.74, 6) is 0.725. The Morgan fingerprint density at radius 1 is 1.35 bits per heavy atom. The molecule has 0 radical (unpaired) electrons. The van der Waals surface area contributed by atoms with Crippen molar-refractivity contribution in [3.8, 4) is 0 Å². The standard InChI is InChI=1S/C16H23N5OS/c1-11-7-6-8-12(23-5)14(11)20-15(22)17-9-13-18-10-19-21(13)16(2,3)4/h6-8,10H,9H2,1-5H3,(H2,17,20,22). The van der Waals surface area contributed by atoms with Crippen molar-refractivity contribution < 1.29 is 4.79 Å². The smallest absolute Gasteiger partial charge is 0.319 e. The van der Waals surface area contributed by atoms with E-state index in [1.54, 1.807) is 11.8 Å². The second-order valence-corrected chi connectivity index (χ2v) is 7.07. The van der Waals surface area contributed by atoms with Gasteiger partial charge in [0, 0.05) is 4.90 Å². The van der Waals surface area contributed by atoms with Gasteiger partial charge < -0.3 is 10.6 Å². The average molecular weight is 333 g/mol. The number of hydrogen-bond acceptors (Lipinski definition) is 4. The zero-order valence-corrected chi connectivity index (χ0v) is 15.0. The second kappa shape index (κ2) is 7.04. The highest BCUT2D eigenvalue weighted by atomic mass is 32.2. The quantitative estimate of drug-likeness (QED) is 0.841. The van der Waals surface area contributed by atoms with Gasteiger partial charge in [-0.2, -0.15) is 5.10 Å². The van der Waals surface area contributed by atoms with Gasteiger partial charge in [0.2, 0.25) is 0 Å². The molecule has 0 aliphatic carbocycles. The molecule has 0 saturated heterocycles. The summed E-state index contributed by atoms with van der Waals surface area (Å²) in [5, 5.41) is 9.99. The third-order valence-electron chi connectivity index (χ3n) is 3.35. The first-order chi connectivity index (χ1) is 10.8. The van der Waals surface area contributed by atoms with E-state index < -0.39 is 0 Å². The van der Waals surface area contributed by atoms with E-state index in [4.69, 9.17) is 0 Å². The van der Waals surface area contributed by atoms with Crippen molar-refractivity contribution in [2.45, 2.75) is 44.7 Å². The molecule has 0 spiro atoms. The molecule has 1 aromatic carbocycles. The summed E-state index contributed by atoms with van der Waals surface area (Å²) in [4.78, 5) is 17.5. The first-order valence-corrected chi connectivity index (χ1v) is 8.63. The molecule has 124 valence electrons. The molecule has 6 nitrogen and oxygen atoms in total. The van der Waals surface area contributed by atoms with Crippen molar-refractivity contribution in [1.82, 2.24) is 20.1 Å². The third-order valence-corrected chi connectivity index (χ3v) is 4.13. The minimum absolute atomic E-state index is 0.175. The van der Waals surface area contributed by atoms with Gasteiger partial charge in [-0.05, 0) is 45.6 Å². The number of para-hydroxylation sites is 1. The van der Waals surface area contributed by atoms with Crippen molar-refractivity contribution in [2.24, 2.45) is 0 Å². The van der Waals surface area contributed by atoms with E-state index >= 15 is 0 Å². The molecule has 0 fully saturated rings. The normalized spacial score (nSPS) is 11.3. The van der Waals surface area contributed by atoms with Crippen LogP contribution in [0.2, 0.25) is 0 Å². The molecular weight excluding hydrogens is 310 g/mol. The maximum atomic E-state index is 12.2. The SMILES string of the molecule is CSc1cccc(C)c1NC(=O)NCc1ncnn1C(C)(C)C. The first kappa shape index (κ1) is 17.3. The number of aromatic nitrogens is 3. The van der Waals surface area contributed by atoms with Gasteiger partial charge in [-0.1, -0.05) is 12.1 Å². The van der Waals surface area contributed by atoms with Gasteiger partial charge in [0.15, 0.2) is 0 Å². The number of urea groups is 1. The highest BCUT2D eigenvalue weighted by molar-refractivity contribution is 7.98. The zero-order valence-electron chi connectivity index (χ0n) is 14.2. The number of carbonyl (C=O) groups excluding carboxylic acids is 1. The van der Waals surface area contributed by atoms with Crippen LogP contribution in [0.25, 0.3) is 0 Å². The van der Waals surface area contributed by atoms with E-state index in [-0.39, 0.29) is 11.6 Å². The lowest BCUT2D eigenvalue weighted by Gasteiger charge is -2.21. The topological polar surface area (TPSA) is 71.8 Å². The van der Waals surface area contributed by atoms with E-state index in [9.17, 15) is 4.79 Å². The minimum atomic E-state index is -0.252. The van der Waals surface area contributed by atoms with Crippen molar-refractivity contribution in [3.63, 3.8) is 0 Å². The van der Waals surface area contributed by atoms with Gasteiger partial charge in [0.25, 0.3) is 0 Å². The lowest BCUT2D eigenvalue weighted by Crippen LogP contribution is -2.32. The number of hydrogen-bond donors (Lipinski definition) is 2. The highest BCUT2D eigenvalue weighted by Crippen LogP contribution is 2.28. The Kier molecular flexibility index (Phi) is 5.30. The highest BCUT2D eigenvalue weighted by Gasteiger charge is 2.18. The summed E-state index contributed by atoms with van der Waals surface area (Å²) in [6.07, 6.45) is 3.50. The fourth-order valence-electron chi connectivity index (χ4n) is 2.23. The summed E-state index contributed by atoms with van der Waals surface area (Å²) >= 11 is 1.60. The molecule has 7 heteroatoms. The molecule has 2 N–H and O–H groups in total. The molecule has 0 aliphatic rings. The fourth-order valence-corrected chi connectivity index (χ4v) is 2.87. The number of thioether (sulfide) groups is 1. The average Bonchev–Trinajstić information content (AvgIpc) is 2.96. The summed E-state index contributed by atoms with van der Waals surface area (Å²) in [6, 6.07) is 5.70. The molecular formula is C16H23N5OS. The first-order valence-electron chi connectivity index (χ1n) is 7.40. The molecule has 1 heterocycles. The summed E-state index contributed by atoms with van der Waals surface area (Å²) in [7, 11) is 0. The van der Waals surface area contributed by atoms with E-state index in [2.05, 4.69) is 20.7 Å². The Bertz CT molecular complexity index is 690. The molecule has 2 amide bonds. The fraction of sp³-hybridized carbons (Fsp3) is 0.438. The van der Waals surface area contributed by atoms with Crippen LogP contribution in [0.4, 0.5) is 10.5 Å². The molecule has 0 aliphatic heterocycles. The number of amides is 2. The van der Waals surface area contributed by atoms with E-state index in [1.165, 1.54) is 6.33 Å². The van der Waals surface area contributed by atoms with Crippen LogP contribution in [-0.4, -0.2) is 27.1 Å². The number of anilines is 1. The molecule has 1 aromatic heterocycles. The number of benzene rings is 1. The Morgan fingerprint density at radius 3 is 2.74 bits per heavy atom. The summed E-state index contributed by atoms with van der Waals surface area (Å²) < 4.78 is 1.81. The van der Waals surface area contributed by atoms with Crippen LogP contribution in [0.15, 0.2) is 29.4 Å². The van der Waals surface area contributed by atoms with Gasteiger partial charge in [0.05, 0.1) is 17.8 Å². The van der Waals surface area contributed by atoms with Crippen LogP contribution < -0.4 is 10.6 Å². The Morgan fingerprint density at radius 2 is 2.09 bits per heavy atom. The van der Waals surface area contributed by atoms with Crippen LogP contribution in [0.5, 0.6) is 0 Å². The third kappa shape index (κ3) is 4.25. The maximum Gasteiger partial charge on any atom is 0.319 e. The lowest BCUT2D eigenvalue weighted by molar-refractivity contribution is 0.250. The van der Waals surface area contributed by atoms with Crippen molar-refractivity contribution in [1.29, 1.82) is 0 Å². The van der Waals surface area contributed by atoms with Crippen LogP contribution in [-0.2, 0) is 12.1 Å². The van der Waals surface area contributed by atoms with Crippen LogP contribution in [0, 0.1) is 6.92 Å². The van der Waals surface area contributed by atoms with Gasteiger partial charge in [-0.15, -0.1) is 11.8 Å². The predicted molar refractivity (Wildman–Crippen MR) is 93.8 cm³/mol. The monoisotopic (exact) mass is 333 g/mol. The molecule has 2 rings (SSSR count). The molecule has 0 atom stereocenters. The van der Waals surface area contributed by atoms with Crippen molar-refractivity contribution >= 4 is 23.5 Å². The molecule has 0 unspecified atom stereocenters. The Hall–Kier alpha value is -2.02. The summed E-state index contributed by atoms with van der Waals surface area (Å²) in [5.41, 5.74) is 1.70. The van der Waals surface area contributed by atoms with Crippen LogP contribution in [0.1, 0.15) is 32.2 Å². The van der Waals surface area contributed by atoms with Gasteiger partial charge in [0.1, 0.15) is 12.2 Å². The van der Waals surface area contributed by atoms with Crippen molar-refractivity contribution in [3.05, 3.63) is 35.9 Å². The van der Waals surface area contributed by atoms with E-state index in [1.807, 2.05) is 56.8 Å². The molecule has 23 heavy (non-hydrogen) atoms. The Labute approximate surface area is 141 Å². The number of nitrogens with zero attached hydrogens (tertiary/aromatic N) is 3. The maximum absolute atomic E-state index is 12.2.